The van der Waals surface area contributed by atoms with Crippen LogP contribution in [0.2, 0.25) is 5.02 Å². The fraction of sp³-hybridized carbons (Fsp3) is 0.333. The van der Waals surface area contributed by atoms with Gasteiger partial charge in [-0.1, -0.05) is 24.6 Å². The number of piperidine rings is 1. The Morgan fingerprint density at radius 1 is 1.07 bits per heavy atom. The third kappa shape index (κ3) is 5.37. The summed E-state index contributed by atoms with van der Waals surface area (Å²) in [4.78, 5) is 20.2. The lowest BCUT2D eigenvalue weighted by Gasteiger charge is -2.33. The van der Waals surface area contributed by atoms with Gasteiger partial charge in [-0.25, -0.2) is 0 Å². The molecule has 4 heterocycles. The molecule has 2 aromatic carbocycles. The van der Waals surface area contributed by atoms with Gasteiger partial charge in [0.1, 0.15) is 5.75 Å². The Bertz CT molecular complexity index is 1720. The van der Waals surface area contributed by atoms with Crippen molar-refractivity contribution in [2.45, 2.75) is 45.7 Å². The van der Waals surface area contributed by atoms with E-state index >= 15 is 0 Å². The Morgan fingerprint density at radius 3 is 2.48 bits per heavy atom. The first kappa shape index (κ1) is 29.9. The van der Waals surface area contributed by atoms with Crippen LogP contribution in [-0.2, 0) is 0 Å². The van der Waals surface area contributed by atoms with Crippen LogP contribution in [0.15, 0.2) is 66.9 Å². The van der Waals surface area contributed by atoms with Crippen molar-refractivity contribution in [2.24, 2.45) is 5.92 Å². The smallest absolute Gasteiger partial charge is 0.273 e. The third-order valence-electron chi connectivity index (χ3n) is 8.84. The summed E-state index contributed by atoms with van der Waals surface area (Å²) in [6.45, 7) is 8.35. The van der Waals surface area contributed by atoms with Crippen LogP contribution in [0.3, 0.4) is 0 Å². The average molecular weight is 631 g/mol. The summed E-state index contributed by atoms with van der Waals surface area (Å²) in [5, 5.41) is 16.3. The molecular weight excluding hydrogens is 596 g/mol. The predicted molar refractivity (Wildman–Crippen MR) is 178 cm³/mol. The van der Waals surface area contributed by atoms with Crippen LogP contribution < -0.4 is 19.9 Å². The Labute approximate surface area is 267 Å². The Hall–Kier alpha value is -4.15. The van der Waals surface area contributed by atoms with E-state index in [9.17, 15) is 10.1 Å². The highest BCUT2D eigenvalue weighted by Gasteiger charge is 2.42. The van der Waals surface area contributed by atoms with Gasteiger partial charge in [-0.2, -0.15) is 0 Å². The van der Waals surface area contributed by atoms with Crippen molar-refractivity contribution in [3.05, 3.63) is 105 Å². The first-order valence-corrected chi connectivity index (χ1v) is 15.5. The predicted octanol–water partition coefficient (Wildman–Crippen LogP) is 7.47. The molecule has 0 radical (unpaired) electrons. The van der Waals surface area contributed by atoms with Crippen molar-refractivity contribution in [3.8, 4) is 11.4 Å². The van der Waals surface area contributed by atoms with E-state index in [0.717, 1.165) is 71.6 Å². The molecule has 6 rings (SSSR count). The van der Waals surface area contributed by atoms with E-state index in [0.29, 0.717) is 15.9 Å². The van der Waals surface area contributed by atoms with Crippen molar-refractivity contribution >= 4 is 46.0 Å². The molecular formula is C33H35ClN6O3S. The monoisotopic (exact) mass is 630 g/mol. The molecule has 9 nitrogen and oxygen atoms in total. The summed E-state index contributed by atoms with van der Waals surface area (Å²) in [5.74, 6) is 1.15. The Morgan fingerprint density at radius 2 is 1.82 bits per heavy atom. The number of benzene rings is 2. The quantitative estimate of drug-likeness (QED) is 0.128. The molecule has 1 N–H and O–H groups in total. The minimum atomic E-state index is -0.421. The van der Waals surface area contributed by atoms with Crippen molar-refractivity contribution in [1.82, 2.24) is 14.9 Å². The molecule has 0 saturated carbocycles. The second kappa shape index (κ2) is 12.1. The minimum Gasteiger partial charge on any atom is -0.494 e. The number of rotatable bonds is 7. The first-order chi connectivity index (χ1) is 21.2. The number of non-ortho nitro benzene ring substituents is 1. The lowest BCUT2D eigenvalue weighted by Crippen LogP contribution is -2.33. The molecule has 0 bridgehead atoms. The van der Waals surface area contributed by atoms with Crippen molar-refractivity contribution < 1.29 is 9.66 Å². The number of halogens is 1. The number of thiocarbonyl (C=S) groups is 1. The maximum Gasteiger partial charge on any atom is 0.273 e. The number of aryl methyl sites for hydroxylation is 1. The number of nitro groups is 1. The molecule has 0 aliphatic carbocycles. The Kier molecular flexibility index (Phi) is 8.22. The summed E-state index contributed by atoms with van der Waals surface area (Å²) < 4.78 is 7.69. The van der Waals surface area contributed by atoms with Gasteiger partial charge >= 0.3 is 0 Å². The standard InChI is InChI=1S/C33H35ClN6O3S/c1-20-12-15-37(16-13-20)28-10-8-23(18-26(28)34)39-32(31(36-33(39)44)27-7-5-6-14-35-27)25-17-21(2)38(22(25)3)29-11-9-24(40(41)42)19-30(29)43-4/h5-11,14,17-20,31-32H,12-13,15-16H2,1-4H3,(H,36,44)/t31-,32+/m0/s1. The zero-order chi connectivity index (χ0) is 31.1. The lowest BCUT2D eigenvalue weighted by molar-refractivity contribution is -0.384. The van der Waals surface area contributed by atoms with Gasteiger partial charge in [-0.15, -0.1) is 0 Å². The van der Waals surface area contributed by atoms with Gasteiger partial charge in [-0.05, 0) is 92.9 Å². The van der Waals surface area contributed by atoms with Crippen LogP contribution in [0.4, 0.5) is 17.1 Å². The highest BCUT2D eigenvalue weighted by atomic mass is 35.5. The molecule has 4 aromatic rings. The molecule has 2 saturated heterocycles. The molecule has 0 amide bonds. The number of methoxy groups -OCH3 is 1. The van der Waals surface area contributed by atoms with Crippen LogP contribution in [0.1, 0.15) is 54.5 Å². The van der Waals surface area contributed by atoms with Crippen LogP contribution in [0.5, 0.6) is 5.75 Å². The van der Waals surface area contributed by atoms with Crippen LogP contribution in [0, 0.1) is 29.9 Å². The van der Waals surface area contributed by atoms with Gasteiger partial charge in [0.05, 0.1) is 52.3 Å². The molecule has 11 heteroatoms. The Balaban J connectivity index is 1.45. The fourth-order valence-electron chi connectivity index (χ4n) is 6.52. The van der Waals surface area contributed by atoms with E-state index in [1.807, 2.05) is 38.1 Å². The molecule has 2 fully saturated rings. The van der Waals surface area contributed by atoms with E-state index in [1.54, 1.807) is 12.3 Å². The summed E-state index contributed by atoms with van der Waals surface area (Å²) in [5.41, 5.74) is 6.44. The molecule has 2 aliphatic heterocycles. The van der Waals surface area contributed by atoms with Gasteiger partial charge in [0, 0.05) is 42.4 Å². The number of nitrogens with one attached hydrogen (secondary N) is 1. The number of ether oxygens (including phenoxy) is 1. The number of nitro benzene ring substituents is 1. The summed E-state index contributed by atoms with van der Waals surface area (Å²) >= 11 is 13.0. The highest BCUT2D eigenvalue weighted by molar-refractivity contribution is 7.80. The van der Waals surface area contributed by atoms with E-state index in [2.05, 4.69) is 44.8 Å². The summed E-state index contributed by atoms with van der Waals surface area (Å²) in [6, 6.07) is 18.4. The maximum absolute atomic E-state index is 11.4. The zero-order valence-electron chi connectivity index (χ0n) is 25.2. The van der Waals surface area contributed by atoms with E-state index in [1.165, 1.54) is 19.2 Å². The fourth-order valence-corrected chi connectivity index (χ4v) is 7.16. The molecule has 44 heavy (non-hydrogen) atoms. The SMILES string of the molecule is COc1cc([N+](=O)[O-])ccc1-n1c(C)cc([C@@H]2[C@H](c3ccccn3)NC(=S)N2c2ccc(N3CCC(C)CC3)c(Cl)c2)c1C. The van der Waals surface area contributed by atoms with Crippen molar-refractivity contribution in [1.29, 1.82) is 0 Å². The molecule has 2 aromatic heterocycles. The van der Waals surface area contributed by atoms with Gasteiger partial charge in [-0.3, -0.25) is 15.1 Å². The molecule has 0 spiro atoms. The average Bonchev–Trinajstić information content (AvgIpc) is 3.52. The molecule has 2 aliphatic rings. The first-order valence-electron chi connectivity index (χ1n) is 14.7. The topological polar surface area (TPSA) is 88.7 Å². The number of anilines is 2. The number of aromatic nitrogens is 2. The zero-order valence-corrected chi connectivity index (χ0v) is 26.7. The molecule has 2 atom stereocenters. The van der Waals surface area contributed by atoms with E-state index in [-0.39, 0.29) is 17.8 Å². The van der Waals surface area contributed by atoms with Crippen molar-refractivity contribution in [3.63, 3.8) is 0 Å². The third-order valence-corrected chi connectivity index (χ3v) is 9.45. The van der Waals surface area contributed by atoms with Gasteiger partial charge in [0.25, 0.3) is 5.69 Å². The minimum absolute atomic E-state index is 0.0283. The number of pyridine rings is 1. The lowest BCUT2D eigenvalue weighted by atomic mass is 9.96. The second-order valence-electron chi connectivity index (χ2n) is 11.6. The number of hydrogen-bond acceptors (Lipinski definition) is 6. The number of hydrogen-bond donors (Lipinski definition) is 1. The maximum atomic E-state index is 11.4. The van der Waals surface area contributed by atoms with Crippen molar-refractivity contribution in [2.75, 3.05) is 30.0 Å². The van der Waals surface area contributed by atoms with E-state index < -0.39 is 4.92 Å². The van der Waals surface area contributed by atoms with Gasteiger partial charge < -0.3 is 24.4 Å². The summed E-state index contributed by atoms with van der Waals surface area (Å²) in [6.07, 6.45) is 4.10. The summed E-state index contributed by atoms with van der Waals surface area (Å²) in [7, 11) is 1.52. The number of nitrogens with zero attached hydrogens (tertiary/aromatic N) is 5. The molecule has 0 unspecified atom stereocenters. The van der Waals surface area contributed by atoms with Crippen LogP contribution >= 0.6 is 23.8 Å². The van der Waals surface area contributed by atoms with E-state index in [4.69, 9.17) is 33.5 Å². The second-order valence-corrected chi connectivity index (χ2v) is 12.4. The highest BCUT2D eigenvalue weighted by Crippen LogP contribution is 2.45. The largest absolute Gasteiger partial charge is 0.494 e. The van der Waals surface area contributed by atoms with Crippen LogP contribution in [0.25, 0.3) is 5.69 Å². The van der Waals surface area contributed by atoms with Gasteiger partial charge in [0.15, 0.2) is 5.11 Å². The van der Waals surface area contributed by atoms with Crippen LogP contribution in [-0.4, -0.2) is 39.8 Å². The normalized spacial score (nSPS) is 18.9. The van der Waals surface area contributed by atoms with Gasteiger partial charge in [0.2, 0.25) is 0 Å². The molecule has 228 valence electrons.